The van der Waals surface area contributed by atoms with Crippen molar-refractivity contribution in [2.24, 2.45) is 12.8 Å². The number of hydrogen-bond donors (Lipinski definition) is 1. The van der Waals surface area contributed by atoms with Gasteiger partial charge in [0.05, 0.1) is 13.3 Å². The lowest BCUT2D eigenvalue weighted by Gasteiger charge is -2.10. The number of aromatic nitrogens is 3. The maximum absolute atomic E-state index is 5.68. The number of hydrogen-bond acceptors (Lipinski definition) is 5. The first-order valence-corrected chi connectivity index (χ1v) is 5.58. The van der Waals surface area contributed by atoms with Crippen LogP contribution in [0.3, 0.4) is 0 Å². The molecule has 0 aliphatic heterocycles. The lowest BCUT2D eigenvalue weighted by molar-refractivity contribution is 0.297. The highest BCUT2D eigenvalue weighted by atomic mass is 16.5. The molecule has 0 aliphatic carbocycles. The van der Waals surface area contributed by atoms with Gasteiger partial charge in [-0.15, -0.1) is 5.10 Å². The Balaban J connectivity index is 2.08. The van der Waals surface area contributed by atoms with Crippen LogP contribution in [0.25, 0.3) is 0 Å². The first-order chi connectivity index (χ1) is 8.72. The van der Waals surface area contributed by atoms with E-state index in [9.17, 15) is 0 Å². The molecule has 0 radical (unpaired) electrons. The van der Waals surface area contributed by atoms with Gasteiger partial charge in [-0.2, -0.15) is 0 Å². The quantitative estimate of drug-likeness (QED) is 0.849. The number of rotatable bonds is 5. The predicted octanol–water partition coefficient (Wildman–Crippen LogP) is 0.861. The Bertz CT molecular complexity index is 525. The van der Waals surface area contributed by atoms with Crippen LogP contribution >= 0.6 is 0 Å². The Morgan fingerprint density at radius 1 is 1.39 bits per heavy atom. The summed E-state index contributed by atoms with van der Waals surface area (Å²) in [5, 5.41) is 7.79. The molecular weight excluding hydrogens is 232 g/mol. The minimum atomic E-state index is 0.368. The maximum Gasteiger partial charge on any atom is 0.134 e. The normalized spacial score (nSPS) is 10.4. The molecule has 2 N–H and O–H groups in total. The van der Waals surface area contributed by atoms with Crippen LogP contribution in [-0.2, 0) is 20.2 Å². The third kappa shape index (κ3) is 2.78. The van der Waals surface area contributed by atoms with E-state index in [1.54, 1.807) is 11.8 Å². The van der Waals surface area contributed by atoms with E-state index in [1.807, 2.05) is 31.4 Å². The number of aryl methyl sites for hydroxylation is 1. The van der Waals surface area contributed by atoms with Crippen LogP contribution < -0.4 is 15.2 Å². The van der Waals surface area contributed by atoms with Gasteiger partial charge in [0.2, 0.25) is 0 Å². The van der Waals surface area contributed by atoms with E-state index in [0.29, 0.717) is 13.2 Å². The maximum atomic E-state index is 5.68. The second-order valence-electron chi connectivity index (χ2n) is 3.85. The molecule has 2 rings (SSSR count). The summed E-state index contributed by atoms with van der Waals surface area (Å²) in [4.78, 5) is 0. The van der Waals surface area contributed by atoms with Gasteiger partial charge in [0.25, 0.3) is 0 Å². The van der Waals surface area contributed by atoms with Gasteiger partial charge in [0.15, 0.2) is 0 Å². The van der Waals surface area contributed by atoms with E-state index in [-0.39, 0.29) is 0 Å². The summed E-state index contributed by atoms with van der Waals surface area (Å²) in [6.07, 6.45) is 1.81. The van der Waals surface area contributed by atoms with Gasteiger partial charge >= 0.3 is 0 Å². The molecule has 6 heteroatoms. The van der Waals surface area contributed by atoms with Gasteiger partial charge < -0.3 is 15.2 Å². The van der Waals surface area contributed by atoms with Crippen molar-refractivity contribution < 1.29 is 9.47 Å². The van der Waals surface area contributed by atoms with E-state index >= 15 is 0 Å². The van der Waals surface area contributed by atoms with Crippen LogP contribution in [0.1, 0.15) is 11.3 Å². The molecule has 2 aromatic rings. The second-order valence-corrected chi connectivity index (χ2v) is 3.85. The van der Waals surface area contributed by atoms with Gasteiger partial charge in [-0.25, -0.2) is 0 Å². The third-order valence-electron chi connectivity index (χ3n) is 2.51. The number of benzene rings is 1. The highest BCUT2D eigenvalue weighted by molar-refractivity contribution is 5.40. The molecule has 1 aromatic heterocycles. The molecule has 96 valence electrons. The van der Waals surface area contributed by atoms with Gasteiger partial charge in [-0.3, -0.25) is 4.68 Å². The molecule has 18 heavy (non-hydrogen) atoms. The summed E-state index contributed by atoms with van der Waals surface area (Å²) < 4.78 is 12.5. The summed E-state index contributed by atoms with van der Waals surface area (Å²) in [5.41, 5.74) is 7.36. The molecule has 6 nitrogen and oxygen atoms in total. The summed E-state index contributed by atoms with van der Waals surface area (Å²) in [7, 11) is 3.44. The predicted molar refractivity (Wildman–Crippen MR) is 66.2 cm³/mol. The minimum Gasteiger partial charge on any atom is -0.497 e. The third-order valence-corrected chi connectivity index (χ3v) is 2.51. The van der Waals surface area contributed by atoms with Crippen LogP contribution in [0, 0.1) is 0 Å². The van der Waals surface area contributed by atoms with Crippen LogP contribution in [0.5, 0.6) is 11.5 Å². The van der Waals surface area contributed by atoms with Crippen molar-refractivity contribution in [1.82, 2.24) is 15.0 Å². The van der Waals surface area contributed by atoms with Crippen molar-refractivity contribution in [1.29, 1.82) is 0 Å². The molecule has 0 unspecified atom stereocenters. The van der Waals surface area contributed by atoms with Crippen molar-refractivity contribution in [2.45, 2.75) is 13.2 Å². The SMILES string of the molecule is COc1ccc(OCc2cn(C)nn2)c(CN)c1. The fraction of sp³-hybridized carbons (Fsp3) is 0.333. The van der Waals surface area contributed by atoms with Crippen molar-refractivity contribution in [2.75, 3.05) is 7.11 Å². The largest absolute Gasteiger partial charge is 0.497 e. The summed E-state index contributed by atoms with van der Waals surface area (Å²) >= 11 is 0. The highest BCUT2D eigenvalue weighted by Crippen LogP contribution is 2.24. The van der Waals surface area contributed by atoms with E-state index in [4.69, 9.17) is 15.2 Å². The monoisotopic (exact) mass is 248 g/mol. The van der Waals surface area contributed by atoms with E-state index < -0.39 is 0 Å². The van der Waals surface area contributed by atoms with Gasteiger partial charge in [-0.05, 0) is 18.2 Å². The Hall–Kier alpha value is -2.08. The number of nitrogens with two attached hydrogens (primary N) is 1. The van der Waals surface area contributed by atoms with Crippen LogP contribution in [0.4, 0.5) is 0 Å². The molecule has 0 spiro atoms. The van der Waals surface area contributed by atoms with Gasteiger partial charge in [0, 0.05) is 19.2 Å². The van der Waals surface area contributed by atoms with Crippen LogP contribution in [0.2, 0.25) is 0 Å². The van der Waals surface area contributed by atoms with Crippen molar-refractivity contribution >= 4 is 0 Å². The molecule has 0 bridgehead atoms. The van der Waals surface area contributed by atoms with Crippen molar-refractivity contribution in [3.63, 3.8) is 0 Å². The van der Waals surface area contributed by atoms with E-state index in [0.717, 1.165) is 22.8 Å². The fourth-order valence-corrected chi connectivity index (χ4v) is 1.60. The fourth-order valence-electron chi connectivity index (χ4n) is 1.60. The zero-order valence-corrected chi connectivity index (χ0v) is 10.5. The lowest BCUT2D eigenvalue weighted by Crippen LogP contribution is -2.03. The second kappa shape index (κ2) is 5.50. The molecule has 0 saturated heterocycles. The number of ether oxygens (including phenoxy) is 2. The average Bonchev–Trinajstić information content (AvgIpc) is 2.82. The van der Waals surface area contributed by atoms with Gasteiger partial charge in [-0.1, -0.05) is 5.21 Å². The van der Waals surface area contributed by atoms with Crippen molar-refractivity contribution in [3.8, 4) is 11.5 Å². The molecule has 0 fully saturated rings. The molecule has 0 aliphatic rings. The Labute approximate surface area is 105 Å². The molecular formula is C12H16N4O2. The zero-order chi connectivity index (χ0) is 13.0. The lowest BCUT2D eigenvalue weighted by atomic mass is 10.2. The molecule has 0 saturated carbocycles. The molecule has 1 heterocycles. The summed E-state index contributed by atoms with van der Waals surface area (Å²) in [5.74, 6) is 1.51. The van der Waals surface area contributed by atoms with Crippen molar-refractivity contribution in [3.05, 3.63) is 35.7 Å². The molecule has 1 aromatic carbocycles. The van der Waals surface area contributed by atoms with E-state index in [1.165, 1.54) is 0 Å². The minimum absolute atomic E-state index is 0.368. The Kier molecular flexibility index (Phi) is 3.78. The first kappa shape index (κ1) is 12.4. The number of nitrogens with zero attached hydrogens (tertiary/aromatic N) is 3. The van der Waals surface area contributed by atoms with Crippen LogP contribution in [-0.4, -0.2) is 22.1 Å². The Morgan fingerprint density at radius 3 is 2.83 bits per heavy atom. The highest BCUT2D eigenvalue weighted by Gasteiger charge is 2.06. The standard InChI is InChI=1S/C12H16N4O2/c1-16-7-10(14-15-16)8-18-12-4-3-11(17-2)5-9(12)6-13/h3-5,7H,6,8,13H2,1-2H3. The van der Waals surface area contributed by atoms with Crippen LogP contribution in [0.15, 0.2) is 24.4 Å². The Morgan fingerprint density at radius 2 is 2.22 bits per heavy atom. The average molecular weight is 248 g/mol. The molecule has 0 atom stereocenters. The smallest absolute Gasteiger partial charge is 0.134 e. The number of methoxy groups -OCH3 is 1. The molecule has 0 amide bonds. The van der Waals surface area contributed by atoms with Gasteiger partial charge in [0.1, 0.15) is 23.8 Å². The first-order valence-electron chi connectivity index (χ1n) is 5.58. The summed E-state index contributed by atoms with van der Waals surface area (Å²) in [6, 6.07) is 5.55. The zero-order valence-electron chi connectivity index (χ0n) is 10.5. The summed E-state index contributed by atoms with van der Waals surface area (Å²) in [6.45, 7) is 0.764. The van der Waals surface area contributed by atoms with E-state index in [2.05, 4.69) is 10.3 Å². The topological polar surface area (TPSA) is 75.2 Å².